The Kier molecular flexibility index (Phi) is 10.5. The predicted molar refractivity (Wildman–Crippen MR) is 117 cm³/mol. The molecule has 3 aliphatic rings. The summed E-state index contributed by atoms with van der Waals surface area (Å²) in [7, 11) is 0. The number of ether oxygens (including phenoxy) is 5. The monoisotopic (exact) mass is 543 g/mol. The molecule has 1 amide bonds. The fourth-order valence-electron chi connectivity index (χ4n) is 4.54. The summed E-state index contributed by atoms with van der Waals surface area (Å²) in [6, 6.07) is -4.01. The van der Waals surface area contributed by atoms with E-state index in [2.05, 4.69) is 5.32 Å². The molecular weight excluding hydrogens is 506 g/mol. The Morgan fingerprint density at radius 2 is 1.22 bits per heavy atom. The van der Waals surface area contributed by atoms with Crippen LogP contribution in [-0.2, 0) is 28.5 Å². The predicted octanol–water partition coefficient (Wildman–Crippen LogP) is -7.50. The summed E-state index contributed by atoms with van der Waals surface area (Å²) in [6.07, 6.45) is -17.5. The van der Waals surface area contributed by atoms with Crippen LogP contribution >= 0.6 is 0 Å². The van der Waals surface area contributed by atoms with Crippen molar-refractivity contribution in [1.82, 2.24) is 5.32 Å². The summed E-state index contributed by atoms with van der Waals surface area (Å²) in [5.41, 5.74) is 11.8. The highest BCUT2D eigenvalue weighted by Crippen LogP contribution is 2.31. The molecule has 13 N–H and O–H groups in total. The molecule has 0 aromatic heterocycles. The molecule has 17 nitrogen and oxygen atoms in total. The highest BCUT2D eigenvalue weighted by molar-refractivity contribution is 5.73. The SMILES string of the molecule is CC(=O)NC1[C@H](O[C@@H]2C(CO)O[C@@H](O[C@@H]3C(CO)O[C@@H](O)C(N)[C@H]3O)C(N)[C@H]2O)OC(CO)[C@@H](O)[C@@H]1O. The van der Waals surface area contributed by atoms with E-state index in [9.17, 15) is 45.6 Å². The summed E-state index contributed by atoms with van der Waals surface area (Å²) < 4.78 is 27.7. The molecule has 0 aliphatic carbocycles. The van der Waals surface area contributed by atoms with Crippen LogP contribution in [0.5, 0.6) is 0 Å². The van der Waals surface area contributed by atoms with Gasteiger partial charge in [-0.15, -0.1) is 0 Å². The van der Waals surface area contributed by atoms with E-state index in [0.717, 1.165) is 6.92 Å². The number of carbonyl (C=O) groups is 1. The average Bonchev–Trinajstić information content (AvgIpc) is 2.87. The first-order valence-corrected chi connectivity index (χ1v) is 11.7. The Balaban J connectivity index is 1.77. The molecule has 3 rings (SSSR count). The molecular formula is C20H37N3O14. The molecule has 0 radical (unpaired) electrons. The van der Waals surface area contributed by atoms with Crippen molar-refractivity contribution in [3.63, 3.8) is 0 Å². The van der Waals surface area contributed by atoms with Crippen molar-refractivity contribution in [2.45, 2.75) is 98.9 Å². The Bertz CT molecular complexity index is 749. The first-order valence-electron chi connectivity index (χ1n) is 11.7. The van der Waals surface area contributed by atoms with Gasteiger partial charge in [-0.3, -0.25) is 4.79 Å². The maximum atomic E-state index is 11.7. The van der Waals surface area contributed by atoms with E-state index in [1.807, 2.05) is 0 Å². The highest BCUT2D eigenvalue weighted by atomic mass is 16.7. The minimum Gasteiger partial charge on any atom is -0.394 e. The number of nitrogens with two attached hydrogens (primary N) is 2. The molecule has 15 atom stereocenters. The third kappa shape index (κ3) is 6.38. The molecule has 0 aromatic rings. The lowest BCUT2D eigenvalue weighted by Gasteiger charge is -2.49. The quantitative estimate of drug-likeness (QED) is 0.135. The second-order valence-electron chi connectivity index (χ2n) is 9.24. The van der Waals surface area contributed by atoms with Crippen LogP contribution in [-0.4, -0.2) is 159 Å². The third-order valence-corrected chi connectivity index (χ3v) is 6.65. The fourth-order valence-corrected chi connectivity index (χ4v) is 4.54. The Labute approximate surface area is 211 Å². The Hall–Kier alpha value is -1.13. The van der Waals surface area contributed by atoms with Gasteiger partial charge in [0.05, 0.1) is 31.9 Å². The summed E-state index contributed by atoms with van der Waals surface area (Å²) in [4.78, 5) is 11.7. The zero-order valence-electron chi connectivity index (χ0n) is 20.0. The van der Waals surface area contributed by atoms with Crippen molar-refractivity contribution >= 4 is 5.91 Å². The molecule has 0 saturated carbocycles. The van der Waals surface area contributed by atoms with Crippen molar-refractivity contribution in [3.8, 4) is 0 Å². The number of hydrogen-bond donors (Lipinski definition) is 11. The topological polar surface area (TPSA) is 289 Å². The number of aliphatic hydroxyl groups excluding tert-OH is 8. The van der Waals surface area contributed by atoms with Crippen molar-refractivity contribution in [2.75, 3.05) is 19.8 Å². The van der Waals surface area contributed by atoms with Gasteiger partial charge in [0.1, 0.15) is 61.0 Å². The van der Waals surface area contributed by atoms with E-state index in [1.165, 1.54) is 0 Å². The summed E-state index contributed by atoms with van der Waals surface area (Å²) >= 11 is 0. The normalized spacial score (nSPS) is 49.0. The van der Waals surface area contributed by atoms with Crippen LogP contribution < -0.4 is 16.8 Å². The van der Waals surface area contributed by atoms with E-state index in [4.69, 9.17) is 35.2 Å². The standard InChI is InChI=1S/C20H37N3O14/c1-5(27)23-11-15(31)12(28)6(2-24)34-20(11)37-17-8(4-26)35-19(10(22)14(17)30)36-16-7(3-25)33-18(32)9(21)13(16)29/h6-20,24-26,28-32H,2-4,21-22H2,1H3,(H,23,27)/t6?,7?,8?,9?,10?,11?,12-,13-,14-,15-,16-,17-,18-,19+,20+/m1/s1. The smallest absolute Gasteiger partial charge is 0.217 e. The van der Waals surface area contributed by atoms with Gasteiger partial charge >= 0.3 is 0 Å². The van der Waals surface area contributed by atoms with Crippen molar-refractivity contribution in [3.05, 3.63) is 0 Å². The molecule has 6 unspecified atom stereocenters. The van der Waals surface area contributed by atoms with Crippen LogP contribution in [0.4, 0.5) is 0 Å². The van der Waals surface area contributed by atoms with Gasteiger partial charge in [-0.1, -0.05) is 0 Å². The van der Waals surface area contributed by atoms with Gasteiger partial charge in [0.15, 0.2) is 18.9 Å². The largest absolute Gasteiger partial charge is 0.394 e. The Morgan fingerprint density at radius 3 is 1.76 bits per heavy atom. The number of hydrogen-bond acceptors (Lipinski definition) is 16. The number of aliphatic hydroxyl groups is 8. The summed E-state index contributed by atoms with van der Waals surface area (Å²) in [5, 5.41) is 83.1. The molecule has 3 saturated heterocycles. The molecule has 3 aliphatic heterocycles. The van der Waals surface area contributed by atoms with Gasteiger partial charge in [0.25, 0.3) is 0 Å². The zero-order valence-corrected chi connectivity index (χ0v) is 20.0. The van der Waals surface area contributed by atoms with Crippen LogP contribution in [0, 0.1) is 0 Å². The first kappa shape index (κ1) is 30.4. The molecule has 37 heavy (non-hydrogen) atoms. The molecule has 0 spiro atoms. The van der Waals surface area contributed by atoms with Crippen LogP contribution in [0.15, 0.2) is 0 Å². The van der Waals surface area contributed by atoms with Crippen molar-refractivity contribution < 1.29 is 69.3 Å². The summed E-state index contributed by atoms with van der Waals surface area (Å²) in [6.45, 7) is -0.974. The van der Waals surface area contributed by atoms with Gasteiger partial charge < -0.3 is 81.3 Å². The molecule has 0 aromatic carbocycles. The van der Waals surface area contributed by atoms with Gasteiger partial charge in [0.2, 0.25) is 5.91 Å². The van der Waals surface area contributed by atoms with Crippen molar-refractivity contribution in [1.29, 1.82) is 0 Å². The van der Waals surface area contributed by atoms with E-state index < -0.39 is 118 Å². The van der Waals surface area contributed by atoms with E-state index in [0.29, 0.717) is 0 Å². The van der Waals surface area contributed by atoms with Crippen molar-refractivity contribution in [2.24, 2.45) is 11.5 Å². The van der Waals surface area contributed by atoms with Gasteiger partial charge in [-0.05, 0) is 0 Å². The molecule has 17 heteroatoms. The fraction of sp³-hybridized carbons (Fsp3) is 0.950. The van der Waals surface area contributed by atoms with Gasteiger partial charge in [-0.25, -0.2) is 0 Å². The number of carbonyl (C=O) groups excluding carboxylic acids is 1. The lowest BCUT2D eigenvalue weighted by Crippen LogP contribution is -2.69. The Morgan fingerprint density at radius 1 is 0.730 bits per heavy atom. The molecule has 3 fully saturated rings. The minimum absolute atomic E-state index is 0.602. The minimum atomic E-state index is -1.62. The molecule has 0 bridgehead atoms. The number of amides is 1. The average molecular weight is 544 g/mol. The van der Waals surface area contributed by atoms with Crippen LogP contribution in [0.25, 0.3) is 0 Å². The van der Waals surface area contributed by atoms with E-state index in [1.54, 1.807) is 0 Å². The van der Waals surface area contributed by atoms with Crippen LogP contribution in [0.3, 0.4) is 0 Å². The highest BCUT2D eigenvalue weighted by Gasteiger charge is 2.52. The first-order chi connectivity index (χ1) is 17.4. The maximum Gasteiger partial charge on any atom is 0.217 e. The lowest BCUT2D eigenvalue weighted by molar-refractivity contribution is -0.349. The second kappa shape index (κ2) is 12.8. The molecule has 3 heterocycles. The third-order valence-electron chi connectivity index (χ3n) is 6.65. The van der Waals surface area contributed by atoms with Crippen LogP contribution in [0.1, 0.15) is 6.92 Å². The zero-order chi connectivity index (χ0) is 27.6. The maximum absolute atomic E-state index is 11.7. The molecule has 216 valence electrons. The van der Waals surface area contributed by atoms with Gasteiger partial charge in [0, 0.05) is 6.92 Å². The van der Waals surface area contributed by atoms with Crippen LogP contribution in [0.2, 0.25) is 0 Å². The van der Waals surface area contributed by atoms with Gasteiger partial charge in [-0.2, -0.15) is 0 Å². The van der Waals surface area contributed by atoms with E-state index in [-0.39, 0.29) is 0 Å². The summed E-state index contributed by atoms with van der Waals surface area (Å²) in [5.74, 6) is -0.602. The number of rotatable bonds is 8. The number of nitrogens with one attached hydrogen (secondary N) is 1. The second-order valence-corrected chi connectivity index (χ2v) is 9.24. The van der Waals surface area contributed by atoms with E-state index >= 15 is 0 Å². The lowest BCUT2D eigenvalue weighted by atomic mass is 9.94.